The van der Waals surface area contributed by atoms with E-state index >= 15 is 0 Å². The topological polar surface area (TPSA) is 38.3 Å². The highest BCUT2D eigenvalue weighted by molar-refractivity contribution is 5.85. The number of esters is 1. The molecule has 0 aliphatic carbocycles. The van der Waals surface area contributed by atoms with Crippen molar-refractivity contribution >= 4 is 18.4 Å². The quantitative estimate of drug-likeness (QED) is 0.744. The molecule has 0 amide bonds. The number of halogens is 1. The Morgan fingerprint density at radius 3 is 2.87 bits per heavy atom. The summed E-state index contributed by atoms with van der Waals surface area (Å²) in [5.41, 5.74) is 0. The van der Waals surface area contributed by atoms with Crippen molar-refractivity contribution in [2.45, 2.75) is 51.5 Å². The molecule has 1 heterocycles. The van der Waals surface area contributed by atoms with Crippen LogP contribution >= 0.6 is 12.4 Å². The third kappa shape index (κ3) is 6.74. The molecular formula is C11H22ClNO2. The SMILES string of the molecule is CCOC(=O)CCCC1CCCCN1.Cl. The monoisotopic (exact) mass is 235 g/mol. The summed E-state index contributed by atoms with van der Waals surface area (Å²) >= 11 is 0. The highest BCUT2D eigenvalue weighted by Crippen LogP contribution is 2.12. The van der Waals surface area contributed by atoms with E-state index in [2.05, 4.69) is 5.32 Å². The maximum atomic E-state index is 11.0. The molecule has 1 atom stereocenters. The average Bonchev–Trinajstić information content (AvgIpc) is 2.20. The molecule has 0 saturated carbocycles. The number of hydrogen-bond acceptors (Lipinski definition) is 3. The van der Waals surface area contributed by atoms with E-state index in [1.807, 2.05) is 6.92 Å². The average molecular weight is 236 g/mol. The van der Waals surface area contributed by atoms with Crippen molar-refractivity contribution in [1.29, 1.82) is 0 Å². The molecule has 4 heteroatoms. The number of carbonyl (C=O) groups is 1. The van der Waals surface area contributed by atoms with Gasteiger partial charge in [0.15, 0.2) is 0 Å². The zero-order valence-corrected chi connectivity index (χ0v) is 10.3. The molecule has 0 radical (unpaired) electrons. The van der Waals surface area contributed by atoms with E-state index in [1.165, 1.54) is 19.3 Å². The maximum absolute atomic E-state index is 11.0. The van der Waals surface area contributed by atoms with Crippen molar-refractivity contribution in [2.75, 3.05) is 13.2 Å². The van der Waals surface area contributed by atoms with E-state index in [0.29, 0.717) is 19.1 Å². The van der Waals surface area contributed by atoms with E-state index in [1.54, 1.807) is 0 Å². The van der Waals surface area contributed by atoms with Crippen LogP contribution in [0.5, 0.6) is 0 Å². The minimum atomic E-state index is -0.0525. The fraction of sp³-hybridized carbons (Fsp3) is 0.909. The minimum absolute atomic E-state index is 0. The Kier molecular flexibility index (Phi) is 8.82. The summed E-state index contributed by atoms with van der Waals surface area (Å²) in [6.07, 6.45) is 6.54. The molecular weight excluding hydrogens is 214 g/mol. The van der Waals surface area contributed by atoms with Crippen molar-refractivity contribution in [2.24, 2.45) is 0 Å². The van der Waals surface area contributed by atoms with Crippen LogP contribution in [0.4, 0.5) is 0 Å². The zero-order valence-electron chi connectivity index (χ0n) is 9.46. The molecule has 1 N–H and O–H groups in total. The lowest BCUT2D eigenvalue weighted by Crippen LogP contribution is -2.33. The Morgan fingerprint density at radius 1 is 1.47 bits per heavy atom. The van der Waals surface area contributed by atoms with Gasteiger partial charge in [-0.25, -0.2) is 0 Å². The number of rotatable bonds is 5. The summed E-state index contributed by atoms with van der Waals surface area (Å²) in [4.78, 5) is 11.0. The van der Waals surface area contributed by atoms with Crippen LogP contribution in [0.15, 0.2) is 0 Å². The summed E-state index contributed by atoms with van der Waals surface area (Å²) in [6, 6.07) is 0.637. The normalized spacial score (nSPS) is 20.5. The molecule has 0 spiro atoms. The predicted molar refractivity (Wildman–Crippen MR) is 63.4 cm³/mol. The van der Waals surface area contributed by atoms with Crippen LogP contribution in [0.3, 0.4) is 0 Å². The van der Waals surface area contributed by atoms with Crippen molar-refractivity contribution in [3.8, 4) is 0 Å². The predicted octanol–water partition coefficient (Wildman–Crippen LogP) is 2.28. The smallest absolute Gasteiger partial charge is 0.305 e. The first-order valence-electron chi connectivity index (χ1n) is 5.72. The molecule has 1 unspecified atom stereocenters. The van der Waals surface area contributed by atoms with Crippen LogP contribution in [-0.4, -0.2) is 25.2 Å². The third-order valence-electron chi connectivity index (χ3n) is 2.65. The lowest BCUT2D eigenvalue weighted by Gasteiger charge is -2.23. The van der Waals surface area contributed by atoms with Gasteiger partial charge in [-0.3, -0.25) is 4.79 Å². The summed E-state index contributed by atoms with van der Waals surface area (Å²) in [7, 11) is 0. The van der Waals surface area contributed by atoms with Crippen molar-refractivity contribution < 1.29 is 9.53 Å². The molecule has 0 aromatic heterocycles. The van der Waals surface area contributed by atoms with Crippen LogP contribution in [0.2, 0.25) is 0 Å². The van der Waals surface area contributed by atoms with Crippen LogP contribution in [0.1, 0.15) is 45.4 Å². The van der Waals surface area contributed by atoms with Crippen LogP contribution in [-0.2, 0) is 9.53 Å². The first-order valence-corrected chi connectivity index (χ1v) is 5.72. The molecule has 0 aromatic rings. The zero-order chi connectivity index (χ0) is 10.2. The van der Waals surface area contributed by atoms with Crippen LogP contribution < -0.4 is 5.32 Å². The molecule has 1 aliphatic rings. The summed E-state index contributed by atoms with van der Waals surface area (Å²) in [5.74, 6) is -0.0525. The molecule has 15 heavy (non-hydrogen) atoms. The summed E-state index contributed by atoms with van der Waals surface area (Å²) in [6.45, 7) is 3.49. The Labute approximate surface area is 98.4 Å². The molecule has 90 valence electrons. The van der Waals surface area contributed by atoms with Gasteiger partial charge in [-0.2, -0.15) is 0 Å². The van der Waals surface area contributed by atoms with Crippen molar-refractivity contribution in [1.82, 2.24) is 5.32 Å². The van der Waals surface area contributed by atoms with Gasteiger partial charge in [-0.1, -0.05) is 6.42 Å². The molecule has 1 fully saturated rings. The van der Waals surface area contributed by atoms with Gasteiger partial charge in [0.1, 0.15) is 0 Å². The fourth-order valence-electron chi connectivity index (χ4n) is 1.90. The highest BCUT2D eigenvalue weighted by Gasteiger charge is 2.12. The standard InChI is InChI=1S/C11H21NO2.ClH/c1-2-14-11(13)8-5-7-10-6-3-4-9-12-10;/h10,12H,2-9H2,1H3;1H. The molecule has 1 rings (SSSR count). The van der Waals surface area contributed by atoms with E-state index in [4.69, 9.17) is 4.74 Å². The third-order valence-corrected chi connectivity index (χ3v) is 2.65. The van der Waals surface area contributed by atoms with Crippen LogP contribution in [0.25, 0.3) is 0 Å². The first-order chi connectivity index (χ1) is 6.83. The second kappa shape index (κ2) is 8.98. The van der Waals surface area contributed by atoms with E-state index in [0.717, 1.165) is 19.4 Å². The van der Waals surface area contributed by atoms with Gasteiger partial charge in [0.05, 0.1) is 6.61 Å². The fourth-order valence-corrected chi connectivity index (χ4v) is 1.90. The number of ether oxygens (including phenoxy) is 1. The number of carbonyl (C=O) groups excluding carboxylic acids is 1. The highest BCUT2D eigenvalue weighted by atomic mass is 35.5. The molecule has 0 aromatic carbocycles. The van der Waals surface area contributed by atoms with E-state index in [-0.39, 0.29) is 18.4 Å². The van der Waals surface area contributed by atoms with Gasteiger partial charge in [0, 0.05) is 12.5 Å². The number of nitrogens with one attached hydrogen (secondary N) is 1. The van der Waals surface area contributed by atoms with Crippen molar-refractivity contribution in [3.63, 3.8) is 0 Å². The second-order valence-corrected chi connectivity index (χ2v) is 3.84. The Hall–Kier alpha value is -0.280. The van der Waals surface area contributed by atoms with Gasteiger partial charge < -0.3 is 10.1 Å². The Bertz CT molecular complexity index is 170. The van der Waals surface area contributed by atoms with Gasteiger partial charge >= 0.3 is 5.97 Å². The summed E-state index contributed by atoms with van der Waals surface area (Å²) < 4.78 is 4.87. The molecule has 1 aliphatic heterocycles. The van der Waals surface area contributed by atoms with Crippen LogP contribution in [0, 0.1) is 0 Å². The van der Waals surface area contributed by atoms with Gasteiger partial charge in [0.25, 0.3) is 0 Å². The number of piperidine rings is 1. The second-order valence-electron chi connectivity index (χ2n) is 3.84. The van der Waals surface area contributed by atoms with Gasteiger partial charge in [-0.15, -0.1) is 12.4 Å². The lowest BCUT2D eigenvalue weighted by atomic mass is 10.00. The Morgan fingerprint density at radius 2 is 2.27 bits per heavy atom. The van der Waals surface area contributed by atoms with E-state index in [9.17, 15) is 4.79 Å². The maximum Gasteiger partial charge on any atom is 0.305 e. The lowest BCUT2D eigenvalue weighted by molar-refractivity contribution is -0.143. The minimum Gasteiger partial charge on any atom is -0.466 e. The first kappa shape index (κ1) is 14.7. The summed E-state index contributed by atoms with van der Waals surface area (Å²) in [5, 5.41) is 3.47. The van der Waals surface area contributed by atoms with Gasteiger partial charge in [0.2, 0.25) is 0 Å². The largest absolute Gasteiger partial charge is 0.466 e. The molecule has 1 saturated heterocycles. The van der Waals surface area contributed by atoms with Gasteiger partial charge in [-0.05, 0) is 39.2 Å². The van der Waals surface area contributed by atoms with Crippen molar-refractivity contribution in [3.05, 3.63) is 0 Å². The Balaban J connectivity index is 0.00000196. The molecule has 3 nitrogen and oxygen atoms in total. The molecule has 0 bridgehead atoms. The number of hydrogen-bond donors (Lipinski definition) is 1. The van der Waals surface area contributed by atoms with E-state index < -0.39 is 0 Å².